The van der Waals surface area contributed by atoms with Crippen LogP contribution in [-0.2, 0) is 24.3 Å². The highest BCUT2D eigenvalue weighted by Crippen LogP contribution is 2.36. The van der Waals surface area contributed by atoms with Crippen molar-refractivity contribution in [2.24, 2.45) is 5.92 Å². The molecular weight excluding hydrogens is 462 g/mol. The van der Waals surface area contributed by atoms with Crippen LogP contribution in [0.1, 0.15) is 6.42 Å². The number of amides is 2. The third-order valence-electron chi connectivity index (χ3n) is 6.04. The lowest BCUT2D eigenvalue weighted by molar-refractivity contribution is -0.122. The predicted octanol–water partition coefficient (Wildman–Crippen LogP) is 1.47. The number of nitrogens with zero attached hydrogens (tertiary/aromatic N) is 2. The van der Waals surface area contributed by atoms with Crippen LogP contribution in [0.3, 0.4) is 0 Å². The standard InChI is InChI=1S/C23H25N3O7S/c27-22-12-16(15-26(22)18-4-5-20-21(14-18)33-11-10-32-20)23(28)24-17-2-1-3-19(13-17)34(29,30)25-6-8-31-9-7-25/h1-5,13-14,16H,6-12,15H2,(H,24,28)/t16-/m1/s1. The minimum absolute atomic E-state index is 0.0615. The van der Waals surface area contributed by atoms with Gasteiger partial charge >= 0.3 is 0 Å². The van der Waals surface area contributed by atoms with E-state index in [4.69, 9.17) is 14.2 Å². The van der Waals surface area contributed by atoms with E-state index in [1.807, 2.05) is 0 Å². The SMILES string of the molecule is O=C(Nc1cccc(S(=O)(=O)N2CCOCC2)c1)[C@@H]1CC(=O)N(c2ccc3c(c2)OCCO3)C1. The summed E-state index contributed by atoms with van der Waals surface area (Å²) in [6.07, 6.45) is 0.0615. The Labute approximate surface area is 197 Å². The largest absolute Gasteiger partial charge is 0.486 e. The number of carbonyl (C=O) groups excluding carboxylic acids is 2. The van der Waals surface area contributed by atoms with E-state index in [0.29, 0.717) is 62.4 Å². The van der Waals surface area contributed by atoms with Crippen molar-refractivity contribution in [2.75, 3.05) is 56.3 Å². The van der Waals surface area contributed by atoms with E-state index in [0.717, 1.165) is 0 Å². The van der Waals surface area contributed by atoms with Crippen molar-refractivity contribution in [3.8, 4) is 11.5 Å². The number of nitrogens with one attached hydrogen (secondary N) is 1. The van der Waals surface area contributed by atoms with Crippen LogP contribution in [-0.4, -0.2) is 70.6 Å². The average Bonchev–Trinajstić information content (AvgIpc) is 3.26. The Hall–Kier alpha value is -3.15. The van der Waals surface area contributed by atoms with E-state index in [2.05, 4.69) is 5.32 Å². The molecule has 2 aromatic rings. The molecule has 180 valence electrons. The zero-order valence-corrected chi connectivity index (χ0v) is 19.3. The van der Waals surface area contributed by atoms with Gasteiger partial charge in [0, 0.05) is 43.5 Å². The zero-order valence-electron chi connectivity index (χ0n) is 18.4. The molecule has 1 N–H and O–H groups in total. The average molecular weight is 488 g/mol. The maximum atomic E-state index is 12.9. The van der Waals surface area contributed by atoms with Gasteiger partial charge in [0.2, 0.25) is 21.8 Å². The number of hydrogen-bond donors (Lipinski definition) is 1. The second kappa shape index (κ2) is 9.24. The Balaban J connectivity index is 1.27. The first-order chi connectivity index (χ1) is 16.4. The molecule has 0 radical (unpaired) electrons. The van der Waals surface area contributed by atoms with Crippen LogP contribution in [0.25, 0.3) is 0 Å². The van der Waals surface area contributed by atoms with Crippen molar-refractivity contribution in [3.63, 3.8) is 0 Å². The number of sulfonamides is 1. The molecule has 34 heavy (non-hydrogen) atoms. The molecule has 0 aliphatic carbocycles. The van der Waals surface area contributed by atoms with E-state index in [1.54, 1.807) is 35.2 Å². The smallest absolute Gasteiger partial charge is 0.243 e. The molecule has 3 heterocycles. The molecule has 5 rings (SSSR count). The number of fused-ring (bicyclic) bond motifs is 1. The number of benzene rings is 2. The predicted molar refractivity (Wildman–Crippen MR) is 123 cm³/mol. The number of anilines is 2. The molecule has 2 fully saturated rings. The van der Waals surface area contributed by atoms with E-state index in [-0.39, 0.29) is 29.7 Å². The van der Waals surface area contributed by atoms with Crippen LogP contribution < -0.4 is 19.7 Å². The van der Waals surface area contributed by atoms with Gasteiger partial charge in [-0.25, -0.2) is 8.42 Å². The van der Waals surface area contributed by atoms with Crippen LogP contribution >= 0.6 is 0 Å². The first-order valence-corrected chi connectivity index (χ1v) is 12.5. The molecule has 0 bridgehead atoms. The van der Waals surface area contributed by atoms with Gasteiger partial charge in [-0.15, -0.1) is 0 Å². The summed E-state index contributed by atoms with van der Waals surface area (Å²) in [6.45, 7) is 2.42. The summed E-state index contributed by atoms with van der Waals surface area (Å²) in [5.41, 5.74) is 1.01. The highest BCUT2D eigenvalue weighted by atomic mass is 32.2. The third-order valence-corrected chi connectivity index (χ3v) is 7.94. The third kappa shape index (κ3) is 4.46. The van der Waals surface area contributed by atoms with Crippen molar-refractivity contribution < 1.29 is 32.2 Å². The number of hydrogen-bond acceptors (Lipinski definition) is 7. The maximum Gasteiger partial charge on any atom is 0.243 e. The highest BCUT2D eigenvalue weighted by Gasteiger charge is 2.36. The molecule has 2 saturated heterocycles. The van der Waals surface area contributed by atoms with Gasteiger partial charge in [-0.3, -0.25) is 9.59 Å². The number of rotatable bonds is 5. The molecule has 3 aliphatic heterocycles. The van der Waals surface area contributed by atoms with Crippen LogP contribution in [0, 0.1) is 5.92 Å². The lowest BCUT2D eigenvalue weighted by atomic mass is 10.1. The molecule has 0 unspecified atom stereocenters. The van der Waals surface area contributed by atoms with Crippen LogP contribution in [0.4, 0.5) is 11.4 Å². The summed E-state index contributed by atoms with van der Waals surface area (Å²) in [6, 6.07) is 11.4. The van der Waals surface area contributed by atoms with Crippen LogP contribution in [0.5, 0.6) is 11.5 Å². The Bertz CT molecular complexity index is 1210. The van der Waals surface area contributed by atoms with Gasteiger partial charge in [-0.1, -0.05) is 6.07 Å². The van der Waals surface area contributed by atoms with E-state index < -0.39 is 15.9 Å². The Morgan fingerprint density at radius 3 is 2.53 bits per heavy atom. The summed E-state index contributed by atoms with van der Waals surface area (Å²) < 4.78 is 43.5. The van der Waals surface area contributed by atoms with E-state index in [9.17, 15) is 18.0 Å². The van der Waals surface area contributed by atoms with Gasteiger partial charge in [-0.2, -0.15) is 4.31 Å². The molecule has 0 saturated carbocycles. The lowest BCUT2D eigenvalue weighted by Gasteiger charge is -2.26. The Kier molecular flexibility index (Phi) is 6.15. The van der Waals surface area contributed by atoms with Crippen molar-refractivity contribution in [2.45, 2.75) is 11.3 Å². The number of carbonyl (C=O) groups is 2. The van der Waals surface area contributed by atoms with Gasteiger partial charge in [0.1, 0.15) is 13.2 Å². The molecule has 2 aromatic carbocycles. The second-order valence-corrected chi connectivity index (χ2v) is 10.2. The lowest BCUT2D eigenvalue weighted by Crippen LogP contribution is -2.40. The van der Waals surface area contributed by atoms with E-state index >= 15 is 0 Å². The first kappa shape index (κ1) is 22.6. The number of ether oxygens (including phenoxy) is 3. The second-order valence-electron chi connectivity index (χ2n) is 8.27. The Morgan fingerprint density at radius 1 is 0.971 bits per heavy atom. The topological polar surface area (TPSA) is 114 Å². The molecular formula is C23H25N3O7S. The summed E-state index contributed by atoms with van der Waals surface area (Å²) in [5, 5.41) is 2.77. The molecule has 2 amide bonds. The van der Waals surface area contributed by atoms with Crippen LogP contribution in [0.15, 0.2) is 47.4 Å². The summed E-state index contributed by atoms with van der Waals surface area (Å²) in [4.78, 5) is 27.2. The van der Waals surface area contributed by atoms with Crippen LogP contribution in [0.2, 0.25) is 0 Å². The van der Waals surface area contributed by atoms with Crippen molar-refractivity contribution in [1.82, 2.24) is 4.31 Å². The highest BCUT2D eigenvalue weighted by molar-refractivity contribution is 7.89. The summed E-state index contributed by atoms with van der Waals surface area (Å²) in [7, 11) is -3.68. The zero-order chi connectivity index (χ0) is 23.7. The minimum Gasteiger partial charge on any atom is -0.486 e. The fourth-order valence-corrected chi connectivity index (χ4v) is 5.70. The quantitative estimate of drug-likeness (QED) is 0.679. The van der Waals surface area contributed by atoms with Gasteiger partial charge in [-0.05, 0) is 30.3 Å². The molecule has 3 aliphatic rings. The Morgan fingerprint density at radius 2 is 1.74 bits per heavy atom. The van der Waals surface area contributed by atoms with Gasteiger partial charge in [0.05, 0.1) is 24.0 Å². The summed E-state index contributed by atoms with van der Waals surface area (Å²) in [5.74, 6) is 0.126. The van der Waals surface area contributed by atoms with E-state index in [1.165, 1.54) is 16.4 Å². The van der Waals surface area contributed by atoms with Crippen molar-refractivity contribution >= 4 is 33.2 Å². The molecule has 11 heteroatoms. The van der Waals surface area contributed by atoms with Gasteiger partial charge < -0.3 is 24.4 Å². The molecule has 10 nitrogen and oxygen atoms in total. The van der Waals surface area contributed by atoms with Gasteiger partial charge in [0.15, 0.2) is 11.5 Å². The minimum atomic E-state index is -3.68. The fourth-order valence-electron chi connectivity index (χ4n) is 4.25. The van der Waals surface area contributed by atoms with Crippen molar-refractivity contribution in [1.29, 1.82) is 0 Å². The fraction of sp³-hybridized carbons (Fsp3) is 0.391. The van der Waals surface area contributed by atoms with Crippen molar-refractivity contribution in [3.05, 3.63) is 42.5 Å². The summed E-state index contributed by atoms with van der Waals surface area (Å²) >= 11 is 0. The normalized spacial score (nSPS) is 20.9. The maximum absolute atomic E-state index is 12.9. The molecule has 0 spiro atoms. The first-order valence-electron chi connectivity index (χ1n) is 11.1. The molecule has 0 aromatic heterocycles. The monoisotopic (exact) mass is 487 g/mol. The molecule has 1 atom stereocenters. The van der Waals surface area contributed by atoms with Gasteiger partial charge in [0.25, 0.3) is 0 Å². The number of morpholine rings is 1.